The lowest BCUT2D eigenvalue weighted by molar-refractivity contribution is -0.118. The highest BCUT2D eigenvalue weighted by molar-refractivity contribution is 8.01. The van der Waals surface area contributed by atoms with E-state index in [-0.39, 0.29) is 24.2 Å². The van der Waals surface area contributed by atoms with Crippen molar-refractivity contribution < 1.29 is 14.3 Å². The van der Waals surface area contributed by atoms with Crippen LogP contribution in [0, 0.1) is 13.8 Å². The summed E-state index contributed by atoms with van der Waals surface area (Å²) in [7, 11) is 0. The van der Waals surface area contributed by atoms with Gasteiger partial charge < -0.3 is 15.4 Å². The van der Waals surface area contributed by atoms with Crippen molar-refractivity contribution >= 4 is 56.5 Å². The second-order valence-electron chi connectivity index (χ2n) is 7.42. The lowest BCUT2D eigenvalue weighted by Crippen LogP contribution is -2.20. The standard InChI is InChI=1S/C25H23N3O3S2/c1-16-7-3-5-9-19(16)27-24(30)15-32-25-28-20-12-11-18(13-22(20)33-25)26-23(29)14-31-21-10-6-4-8-17(21)2/h3-13H,14-15H2,1-2H3,(H,26,29)(H,27,30). The van der Waals surface area contributed by atoms with E-state index in [0.29, 0.717) is 11.4 Å². The van der Waals surface area contributed by atoms with Crippen molar-refractivity contribution in [2.45, 2.75) is 18.2 Å². The molecule has 0 saturated carbocycles. The van der Waals surface area contributed by atoms with E-state index in [2.05, 4.69) is 15.6 Å². The molecule has 2 amide bonds. The molecule has 4 rings (SSSR count). The van der Waals surface area contributed by atoms with Gasteiger partial charge >= 0.3 is 0 Å². The maximum absolute atomic E-state index is 12.3. The van der Waals surface area contributed by atoms with Crippen molar-refractivity contribution in [2.75, 3.05) is 23.0 Å². The summed E-state index contributed by atoms with van der Waals surface area (Å²) >= 11 is 2.89. The van der Waals surface area contributed by atoms with Crippen molar-refractivity contribution in [1.29, 1.82) is 0 Å². The quantitative estimate of drug-likeness (QED) is 0.320. The summed E-state index contributed by atoms with van der Waals surface area (Å²) < 4.78 is 7.35. The SMILES string of the molecule is Cc1ccccc1NC(=O)CSc1nc2ccc(NC(=O)COc3ccccc3C)cc2s1. The highest BCUT2D eigenvalue weighted by atomic mass is 32.2. The van der Waals surface area contributed by atoms with Crippen LogP contribution in [0.4, 0.5) is 11.4 Å². The number of anilines is 2. The van der Waals surface area contributed by atoms with Crippen LogP contribution in [0.25, 0.3) is 10.2 Å². The zero-order valence-corrected chi connectivity index (χ0v) is 19.9. The van der Waals surface area contributed by atoms with Gasteiger partial charge in [-0.15, -0.1) is 11.3 Å². The molecule has 0 fully saturated rings. The molecule has 0 unspecified atom stereocenters. The number of para-hydroxylation sites is 2. The van der Waals surface area contributed by atoms with E-state index < -0.39 is 0 Å². The lowest BCUT2D eigenvalue weighted by Gasteiger charge is -2.09. The Morgan fingerprint density at radius 3 is 2.48 bits per heavy atom. The molecule has 0 aliphatic carbocycles. The van der Waals surface area contributed by atoms with E-state index in [1.807, 2.05) is 80.6 Å². The van der Waals surface area contributed by atoms with Crippen molar-refractivity contribution in [3.05, 3.63) is 77.9 Å². The van der Waals surface area contributed by atoms with Gasteiger partial charge in [0.05, 0.1) is 16.0 Å². The number of carbonyl (C=O) groups excluding carboxylic acids is 2. The molecule has 0 aliphatic heterocycles. The Balaban J connectivity index is 1.32. The fourth-order valence-corrected chi connectivity index (χ4v) is 5.04. The molecule has 1 aromatic heterocycles. The topological polar surface area (TPSA) is 80.3 Å². The van der Waals surface area contributed by atoms with Gasteiger partial charge in [-0.05, 0) is 55.3 Å². The van der Waals surface area contributed by atoms with E-state index in [4.69, 9.17) is 4.74 Å². The second kappa shape index (κ2) is 10.5. The molecular formula is C25H23N3O3S2. The summed E-state index contributed by atoms with van der Waals surface area (Å²) in [6.45, 7) is 3.83. The van der Waals surface area contributed by atoms with Gasteiger partial charge in [0.1, 0.15) is 5.75 Å². The number of nitrogens with zero attached hydrogens (tertiary/aromatic N) is 1. The van der Waals surface area contributed by atoms with Crippen LogP contribution in [0.5, 0.6) is 5.75 Å². The molecule has 0 radical (unpaired) electrons. The van der Waals surface area contributed by atoms with Crippen LogP contribution < -0.4 is 15.4 Å². The van der Waals surface area contributed by atoms with Crippen LogP contribution in [-0.4, -0.2) is 29.2 Å². The van der Waals surface area contributed by atoms with Gasteiger partial charge in [0.2, 0.25) is 5.91 Å². The Hall–Kier alpha value is -3.36. The van der Waals surface area contributed by atoms with Crippen LogP contribution >= 0.6 is 23.1 Å². The fraction of sp³-hybridized carbons (Fsp3) is 0.160. The van der Waals surface area contributed by atoms with Gasteiger partial charge in [0.15, 0.2) is 10.9 Å². The van der Waals surface area contributed by atoms with Gasteiger partial charge in [0.25, 0.3) is 5.91 Å². The second-order valence-corrected chi connectivity index (χ2v) is 9.67. The molecule has 8 heteroatoms. The number of benzene rings is 3. The minimum Gasteiger partial charge on any atom is -0.483 e. The lowest BCUT2D eigenvalue weighted by atomic mass is 10.2. The molecule has 33 heavy (non-hydrogen) atoms. The Morgan fingerprint density at radius 2 is 1.70 bits per heavy atom. The van der Waals surface area contributed by atoms with Crippen molar-refractivity contribution in [2.24, 2.45) is 0 Å². The largest absolute Gasteiger partial charge is 0.483 e. The monoisotopic (exact) mass is 477 g/mol. The molecule has 168 valence electrons. The predicted molar refractivity (Wildman–Crippen MR) is 135 cm³/mol. The Labute approximate surface area is 200 Å². The molecule has 1 heterocycles. The number of nitrogens with one attached hydrogen (secondary N) is 2. The zero-order chi connectivity index (χ0) is 23.2. The van der Waals surface area contributed by atoms with Crippen molar-refractivity contribution in [1.82, 2.24) is 4.98 Å². The smallest absolute Gasteiger partial charge is 0.262 e. The normalized spacial score (nSPS) is 10.7. The first-order chi connectivity index (χ1) is 16.0. The molecular weight excluding hydrogens is 454 g/mol. The van der Waals surface area contributed by atoms with E-state index in [0.717, 1.165) is 31.4 Å². The van der Waals surface area contributed by atoms with Gasteiger partial charge in [-0.2, -0.15) is 0 Å². The third-order valence-electron chi connectivity index (χ3n) is 4.85. The summed E-state index contributed by atoms with van der Waals surface area (Å²) in [6.07, 6.45) is 0. The molecule has 0 atom stereocenters. The van der Waals surface area contributed by atoms with Crippen LogP contribution in [0.3, 0.4) is 0 Å². The highest BCUT2D eigenvalue weighted by Gasteiger charge is 2.11. The number of thioether (sulfide) groups is 1. The van der Waals surface area contributed by atoms with Crippen molar-refractivity contribution in [3.63, 3.8) is 0 Å². The summed E-state index contributed by atoms with van der Waals surface area (Å²) in [6, 6.07) is 20.8. The number of hydrogen-bond acceptors (Lipinski definition) is 6. The Morgan fingerprint density at radius 1 is 0.939 bits per heavy atom. The molecule has 3 aromatic carbocycles. The van der Waals surface area contributed by atoms with Crippen LogP contribution in [0.2, 0.25) is 0 Å². The average Bonchev–Trinajstić information content (AvgIpc) is 3.21. The molecule has 0 spiro atoms. The molecule has 0 aliphatic rings. The predicted octanol–water partition coefficient (Wildman–Crippen LogP) is 5.66. The third-order valence-corrected chi connectivity index (χ3v) is 7.01. The molecule has 2 N–H and O–H groups in total. The van der Waals surface area contributed by atoms with Crippen LogP contribution in [-0.2, 0) is 9.59 Å². The highest BCUT2D eigenvalue weighted by Crippen LogP contribution is 2.31. The van der Waals surface area contributed by atoms with Gasteiger partial charge in [-0.25, -0.2) is 4.98 Å². The fourth-order valence-electron chi connectivity index (χ4n) is 3.13. The number of aryl methyl sites for hydroxylation is 2. The molecule has 4 aromatic rings. The first-order valence-electron chi connectivity index (χ1n) is 10.3. The van der Waals surface area contributed by atoms with Crippen LogP contribution in [0.1, 0.15) is 11.1 Å². The number of ether oxygens (including phenoxy) is 1. The van der Waals surface area contributed by atoms with E-state index >= 15 is 0 Å². The molecule has 0 saturated heterocycles. The van der Waals surface area contributed by atoms with Gasteiger partial charge in [-0.3, -0.25) is 9.59 Å². The number of hydrogen-bond donors (Lipinski definition) is 2. The number of aromatic nitrogens is 1. The van der Waals surface area contributed by atoms with Gasteiger partial charge in [0, 0.05) is 11.4 Å². The minimum atomic E-state index is -0.232. The molecule has 6 nitrogen and oxygen atoms in total. The number of rotatable bonds is 8. The number of carbonyl (C=O) groups is 2. The van der Waals surface area contributed by atoms with E-state index in [9.17, 15) is 9.59 Å². The zero-order valence-electron chi connectivity index (χ0n) is 18.3. The average molecular weight is 478 g/mol. The number of thiazole rings is 1. The summed E-state index contributed by atoms with van der Waals surface area (Å²) in [4.78, 5) is 29.2. The van der Waals surface area contributed by atoms with E-state index in [1.54, 1.807) is 0 Å². The number of fused-ring (bicyclic) bond motifs is 1. The first kappa shape index (κ1) is 22.8. The maximum atomic E-state index is 12.3. The Kier molecular flexibility index (Phi) is 7.26. The van der Waals surface area contributed by atoms with Crippen LogP contribution in [0.15, 0.2) is 71.1 Å². The van der Waals surface area contributed by atoms with Gasteiger partial charge in [-0.1, -0.05) is 48.2 Å². The van der Waals surface area contributed by atoms with E-state index in [1.165, 1.54) is 23.1 Å². The summed E-state index contributed by atoms with van der Waals surface area (Å²) in [5.74, 6) is 0.659. The van der Waals surface area contributed by atoms with Crippen molar-refractivity contribution in [3.8, 4) is 5.75 Å². The maximum Gasteiger partial charge on any atom is 0.262 e. The number of amides is 2. The Bertz CT molecular complexity index is 1300. The molecule has 0 bridgehead atoms. The summed E-state index contributed by atoms with van der Waals surface area (Å²) in [5.41, 5.74) is 4.33. The third kappa shape index (κ3) is 6.12. The first-order valence-corrected chi connectivity index (χ1v) is 12.2. The summed E-state index contributed by atoms with van der Waals surface area (Å²) in [5, 5.41) is 5.79. The minimum absolute atomic E-state index is 0.0668.